The quantitative estimate of drug-likeness (QED) is 0.690. The number of hydrogen-bond donors (Lipinski definition) is 2. The molecule has 2 heterocycles. The van der Waals surface area contributed by atoms with Crippen LogP contribution in [0.5, 0.6) is 0 Å². The van der Waals surface area contributed by atoms with Gasteiger partial charge in [0.2, 0.25) is 5.82 Å². The third kappa shape index (κ3) is 1.95. The second-order valence-corrected chi connectivity index (χ2v) is 3.51. The predicted molar refractivity (Wildman–Crippen MR) is 48.0 cm³/mol. The third-order valence-electron chi connectivity index (χ3n) is 2.33. The Morgan fingerprint density at radius 1 is 1.60 bits per heavy atom. The molecule has 7 heteroatoms. The number of hydrogen-bond acceptors (Lipinski definition) is 4. The first-order chi connectivity index (χ1) is 7.16. The number of carbonyl (C=O) groups is 2. The van der Waals surface area contributed by atoms with Crippen molar-refractivity contribution >= 4 is 11.9 Å². The van der Waals surface area contributed by atoms with Crippen LogP contribution < -0.4 is 0 Å². The Bertz CT molecular complexity index is 369. The highest BCUT2D eigenvalue weighted by atomic mass is 16.4. The number of aliphatic carboxylic acids is 1. The van der Waals surface area contributed by atoms with Gasteiger partial charge in [-0.05, 0) is 0 Å². The molecule has 1 aromatic heterocycles. The molecule has 0 unspecified atom stereocenters. The number of carboxylic acids is 1. The van der Waals surface area contributed by atoms with E-state index in [1.165, 1.54) is 6.33 Å². The Balaban J connectivity index is 1.85. The van der Waals surface area contributed by atoms with Crippen LogP contribution in [-0.4, -0.2) is 50.2 Å². The van der Waals surface area contributed by atoms with E-state index < -0.39 is 5.97 Å². The van der Waals surface area contributed by atoms with Crippen molar-refractivity contribution in [2.45, 2.75) is 6.42 Å². The molecule has 1 aromatic rings. The smallest absolute Gasteiger partial charge is 0.303 e. The van der Waals surface area contributed by atoms with Crippen molar-refractivity contribution < 1.29 is 14.7 Å². The zero-order valence-corrected chi connectivity index (χ0v) is 7.88. The summed E-state index contributed by atoms with van der Waals surface area (Å²) in [5.41, 5.74) is 0. The molecule has 1 aliphatic rings. The number of nitrogens with zero attached hydrogens (tertiary/aromatic N) is 3. The van der Waals surface area contributed by atoms with Gasteiger partial charge in [-0.15, -0.1) is 0 Å². The molecule has 0 radical (unpaired) electrons. The van der Waals surface area contributed by atoms with Gasteiger partial charge in [0.05, 0.1) is 6.42 Å². The summed E-state index contributed by atoms with van der Waals surface area (Å²) in [4.78, 5) is 27.2. The number of H-pyrrole nitrogens is 1. The molecule has 7 nitrogen and oxygen atoms in total. The lowest BCUT2D eigenvalue weighted by Gasteiger charge is -2.37. The Kier molecular flexibility index (Phi) is 2.36. The van der Waals surface area contributed by atoms with Crippen molar-refractivity contribution in [3.05, 3.63) is 12.2 Å². The summed E-state index contributed by atoms with van der Waals surface area (Å²) in [6.45, 7) is 0.956. The summed E-state index contributed by atoms with van der Waals surface area (Å²) < 4.78 is 0. The number of likely N-dealkylation sites (tertiary alicyclic amines) is 1. The fraction of sp³-hybridized carbons (Fsp3) is 0.500. The lowest BCUT2D eigenvalue weighted by atomic mass is 9.96. The number of carbonyl (C=O) groups excluding carboxylic acids is 1. The first kappa shape index (κ1) is 9.63. The van der Waals surface area contributed by atoms with Crippen LogP contribution in [0.4, 0.5) is 0 Å². The van der Waals surface area contributed by atoms with Crippen LogP contribution in [0.1, 0.15) is 17.0 Å². The van der Waals surface area contributed by atoms with Crippen LogP contribution in [-0.2, 0) is 4.79 Å². The summed E-state index contributed by atoms with van der Waals surface area (Å²) in [5.74, 6) is -0.793. The fourth-order valence-electron chi connectivity index (χ4n) is 1.57. The van der Waals surface area contributed by atoms with Crippen molar-refractivity contribution in [1.29, 1.82) is 0 Å². The molecule has 2 rings (SSSR count). The maximum Gasteiger partial charge on any atom is 0.303 e. The molecule has 0 saturated carbocycles. The van der Waals surface area contributed by atoms with Gasteiger partial charge in [0, 0.05) is 19.0 Å². The van der Waals surface area contributed by atoms with E-state index in [4.69, 9.17) is 5.11 Å². The predicted octanol–water partition coefficient (Wildman–Crippen LogP) is -0.649. The molecular weight excluding hydrogens is 200 g/mol. The molecular formula is C8H10N4O3. The summed E-state index contributed by atoms with van der Waals surface area (Å²) in [7, 11) is 0. The summed E-state index contributed by atoms with van der Waals surface area (Å²) >= 11 is 0. The van der Waals surface area contributed by atoms with Gasteiger partial charge in [-0.1, -0.05) is 0 Å². The lowest BCUT2D eigenvalue weighted by Crippen LogP contribution is -2.50. The van der Waals surface area contributed by atoms with Gasteiger partial charge in [0.25, 0.3) is 5.91 Å². The highest BCUT2D eigenvalue weighted by molar-refractivity contribution is 5.91. The molecule has 0 bridgehead atoms. The van der Waals surface area contributed by atoms with Crippen LogP contribution in [0.25, 0.3) is 0 Å². The molecule has 1 aliphatic heterocycles. The largest absolute Gasteiger partial charge is 0.481 e. The van der Waals surface area contributed by atoms with E-state index in [-0.39, 0.29) is 24.1 Å². The number of aromatic amines is 1. The van der Waals surface area contributed by atoms with E-state index in [1.807, 2.05) is 0 Å². The van der Waals surface area contributed by atoms with Gasteiger partial charge < -0.3 is 10.0 Å². The van der Waals surface area contributed by atoms with Crippen molar-refractivity contribution in [3.63, 3.8) is 0 Å². The molecule has 0 aliphatic carbocycles. The third-order valence-corrected chi connectivity index (χ3v) is 2.33. The minimum atomic E-state index is -0.827. The molecule has 15 heavy (non-hydrogen) atoms. The molecule has 80 valence electrons. The second kappa shape index (κ2) is 3.68. The molecule has 0 aromatic carbocycles. The van der Waals surface area contributed by atoms with Crippen molar-refractivity contribution in [2.75, 3.05) is 13.1 Å². The summed E-state index contributed by atoms with van der Waals surface area (Å²) in [6, 6.07) is 0. The van der Waals surface area contributed by atoms with E-state index in [2.05, 4.69) is 15.2 Å². The van der Waals surface area contributed by atoms with Crippen LogP contribution in [0.3, 0.4) is 0 Å². The van der Waals surface area contributed by atoms with Gasteiger partial charge in [-0.25, -0.2) is 4.98 Å². The molecule has 0 atom stereocenters. The highest BCUT2D eigenvalue weighted by Gasteiger charge is 2.33. The monoisotopic (exact) mass is 210 g/mol. The average molecular weight is 210 g/mol. The van der Waals surface area contributed by atoms with Crippen molar-refractivity contribution in [1.82, 2.24) is 20.1 Å². The molecule has 1 amide bonds. The normalized spacial score (nSPS) is 16.1. The van der Waals surface area contributed by atoms with E-state index in [0.717, 1.165) is 0 Å². The van der Waals surface area contributed by atoms with Gasteiger partial charge in [-0.3, -0.25) is 14.7 Å². The maximum absolute atomic E-state index is 11.6. The number of aromatic nitrogens is 3. The van der Waals surface area contributed by atoms with E-state index in [9.17, 15) is 9.59 Å². The number of carboxylic acid groups (broad SMARTS) is 1. The Labute approximate surface area is 85.1 Å². The average Bonchev–Trinajstić information content (AvgIpc) is 2.61. The lowest BCUT2D eigenvalue weighted by molar-refractivity contribution is -0.139. The van der Waals surface area contributed by atoms with E-state index in [1.54, 1.807) is 4.90 Å². The van der Waals surface area contributed by atoms with Gasteiger partial charge >= 0.3 is 5.97 Å². The fourth-order valence-corrected chi connectivity index (χ4v) is 1.57. The molecule has 0 spiro atoms. The Hall–Kier alpha value is -1.92. The van der Waals surface area contributed by atoms with Gasteiger partial charge in [0.15, 0.2) is 0 Å². The number of rotatable bonds is 3. The second-order valence-electron chi connectivity index (χ2n) is 3.51. The minimum absolute atomic E-state index is 0.0642. The van der Waals surface area contributed by atoms with Crippen molar-refractivity contribution in [3.8, 4) is 0 Å². The summed E-state index contributed by atoms with van der Waals surface area (Å²) in [5, 5.41) is 14.6. The van der Waals surface area contributed by atoms with Gasteiger partial charge in [0.1, 0.15) is 6.33 Å². The molecule has 1 fully saturated rings. The van der Waals surface area contributed by atoms with E-state index >= 15 is 0 Å². The number of nitrogens with one attached hydrogen (secondary N) is 1. The standard InChI is InChI=1S/C8H10N4O3/c13-6(14)1-5-2-12(3-5)8(15)7-9-4-10-11-7/h4-5H,1-3H2,(H,13,14)(H,9,10,11). The van der Waals surface area contributed by atoms with E-state index in [0.29, 0.717) is 13.1 Å². The SMILES string of the molecule is O=C(O)CC1CN(C(=O)c2ncn[nH]2)C1. The molecule has 2 N–H and O–H groups in total. The Morgan fingerprint density at radius 3 is 2.87 bits per heavy atom. The Morgan fingerprint density at radius 2 is 2.33 bits per heavy atom. The van der Waals surface area contributed by atoms with Crippen LogP contribution in [0, 0.1) is 5.92 Å². The highest BCUT2D eigenvalue weighted by Crippen LogP contribution is 2.20. The topological polar surface area (TPSA) is 99.2 Å². The van der Waals surface area contributed by atoms with Crippen molar-refractivity contribution in [2.24, 2.45) is 5.92 Å². The van der Waals surface area contributed by atoms with Crippen LogP contribution in [0.2, 0.25) is 0 Å². The zero-order valence-electron chi connectivity index (χ0n) is 7.88. The molecule has 1 saturated heterocycles. The zero-order chi connectivity index (χ0) is 10.8. The summed E-state index contributed by atoms with van der Waals surface area (Å²) in [6.07, 6.45) is 1.38. The minimum Gasteiger partial charge on any atom is -0.481 e. The number of amides is 1. The first-order valence-electron chi connectivity index (χ1n) is 4.53. The van der Waals surface area contributed by atoms with Crippen LogP contribution in [0.15, 0.2) is 6.33 Å². The first-order valence-corrected chi connectivity index (χ1v) is 4.53. The van der Waals surface area contributed by atoms with Gasteiger partial charge in [-0.2, -0.15) is 5.10 Å². The van der Waals surface area contributed by atoms with Crippen LogP contribution >= 0.6 is 0 Å². The maximum atomic E-state index is 11.6.